The van der Waals surface area contributed by atoms with Crippen molar-refractivity contribution in [3.63, 3.8) is 0 Å². The van der Waals surface area contributed by atoms with Gasteiger partial charge in [-0.05, 0) is 24.5 Å². The maximum atomic E-state index is 11.7. The number of carbonyl (C=O) groups excluding carboxylic acids is 2. The molecule has 2 amide bonds. The molecule has 4 nitrogen and oxygen atoms in total. The lowest BCUT2D eigenvalue weighted by atomic mass is 10.1. The Morgan fingerprint density at radius 3 is 2.50 bits per heavy atom. The van der Waals surface area contributed by atoms with Crippen molar-refractivity contribution >= 4 is 17.5 Å². The van der Waals surface area contributed by atoms with E-state index in [0.717, 1.165) is 24.1 Å². The van der Waals surface area contributed by atoms with Gasteiger partial charge in [0, 0.05) is 12.2 Å². The van der Waals surface area contributed by atoms with Crippen LogP contribution >= 0.6 is 0 Å². The van der Waals surface area contributed by atoms with Crippen LogP contribution in [0.3, 0.4) is 0 Å². The number of aryl methyl sites for hydroxylation is 1. The fraction of sp³-hybridized carbons (Fsp3) is 0.429. The smallest absolute Gasteiger partial charge is 0.233 e. The third-order valence-electron chi connectivity index (χ3n) is 2.57. The van der Waals surface area contributed by atoms with Crippen LogP contribution in [0.25, 0.3) is 0 Å². The summed E-state index contributed by atoms with van der Waals surface area (Å²) in [5.41, 5.74) is 1.85. The normalized spacial score (nSPS) is 9.89. The molecular weight excluding hydrogens is 228 g/mol. The van der Waals surface area contributed by atoms with E-state index in [4.69, 9.17) is 0 Å². The quantitative estimate of drug-likeness (QED) is 0.757. The molecule has 0 aliphatic rings. The minimum Gasteiger partial charge on any atom is -0.356 e. The summed E-state index contributed by atoms with van der Waals surface area (Å²) >= 11 is 0. The predicted molar refractivity (Wildman–Crippen MR) is 72.4 cm³/mol. The highest BCUT2D eigenvalue weighted by Gasteiger charge is 2.10. The number of hydrogen-bond acceptors (Lipinski definition) is 2. The monoisotopic (exact) mass is 248 g/mol. The molecule has 0 saturated carbocycles. The van der Waals surface area contributed by atoms with Crippen molar-refractivity contribution in [3.8, 4) is 0 Å². The first-order valence-electron chi connectivity index (χ1n) is 6.31. The molecule has 0 atom stereocenters. The third kappa shape index (κ3) is 4.57. The number of carbonyl (C=O) groups is 2. The van der Waals surface area contributed by atoms with Crippen molar-refractivity contribution in [2.75, 3.05) is 11.9 Å². The molecule has 0 unspecified atom stereocenters. The van der Waals surface area contributed by atoms with Crippen molar-refractivity contribution in [1.82, 2.24) is 5.32 Å². The van der Waals surface area contributed by atoms with Crippen LogP contribution in [0.15, 0.2) is 24.3 Å². The first-order valence-corrected chi connectivity index (χ1v) is 6.31. The molecule has 1 aromatic carbocycles. The zero-order chi connectivity index (χ0) is 13.4. The minimum atomic E-state index is -0.274. The molecule has 0 aliphatic carbocycles. The summed E-state index contributed by atoms with van der Waals surface area (Å²) in [7, 11) is 0. The van der Waals surface area contributed by atoms with Crippen LogP contribution in [0.2, 0.25) is 0 Å². The standard InChI is InChI=1S/C14H20N2O2/c1-3-9-15-13(17)10-14(18)16-12-8-6-5-7-11(12)4-2/h5-8H,3-4,9-10H2,1-2H3,(H,15,17)(H,16,18). The number of benzene rings is 1. The molecule has 0 saturated heterocycles. The van der Waals surface area contributed by atoms with Crippen molar-refractivity contribution in [2.45, 2.75) is 33.1 Å². The van der Waals surface area contributed by atoms with E-state index in [1.165, 1.54) is 0 Å². The Bertz CT molecular complexity index is 416. The Morgan fingerprint density at radius 1 is 1.11 bits per heavy atom. The van der Waals surface area contributed by atoms with E-state index in [-0.39, 0.29) is 18.2 Å². The number of hydrogen-bond donors (Lipinski definition) is 2. The second-order valence-corrected chi connectivity index (χ2v) is 4.09. The number of para-hydroxylation sites is 1. The van der Waals surface area contributed by atoms with Crippen LogP contribution in [-0.4, -0.2) is 18.4 Å². The third-order valence-corrected chi connectivity index (χ3v) is 2.57. The lowest BCUT2D eigenvalue weighted by Crippen LogP contribution is -2.28. The van der Waals surface area contributed by atoms with E-state index >= 15 is 0 Å². The van der Waals surface area contributed by atoms with Gasteiger partial charge in [0.2, 0.25) is 11.8 Å². The maximum Gasteiger partial charge on any atom is 0.233 e. The first-order chi connectivity index (χ1) is 8.67. The molecular formula is C14H20N2O2. The minimum absolute atomic E-state index is 0.127. The highest BCUT2D eigenvalue weighted by molar-refractivity contribution is 6.03. The molecule has 0 heterocycles. The summed E-state index contributed by atoms with van der Waals surface area (Å²) in [6.07, 6.45) is 1.59. The van der Waals surface area contributed by atoms with Gasteiger partial charge in [-0.3, -0.25) is 9.59 Å². The lowest BCUT2D eigenvalue weighted by molar-refractivity contribution is -0.126. The van der Waals surface area contributed by atoms with E-state index in [0.29, 0.717) is 6.54 Å². The van der Waals surface area contributed by atoms with Crippen LogP contribution in [-0.2, 0) is 16.0 Å². The van der Waals surface area contributed by atoms with Crippen LogP contribution in [0.1, 0.15) is 32.3 Å². The molecule has 4 heteroatoms. The number of amides is 2. The summed E-state index contributed by atoms with van der Waals surface area (Å²) in [5.74, 6) is -0.507. The van der Waals surface area contributed by atoms with Gasteiger partial charge in [0.1, 0.15) is 6.42 Å². The number of anilines is 1. The zero-order valence-corrected chi connectivity index (χ0v) is 11.0. The number of nitrogens with one attached hydrogen (secondary N) is 2. The van der Waals surface area contributed by atoms with Crippen molar-refractivity contribution in [1.29, 1.82) is 0 Å². The highest BCUT2D eigenvalue weighted by Crippen LogP contribution is 2.15. The number of rotatable bonds is 6. The van der Waals surface area contributed by atoms with E-state index in [9.17, 15) is 9.59 Å². The van der Waals surface area contributed by atoms with Gasteiger partial charge in [0.05, 0.1) is 0 Å². The Balaban J connectivity index is 2.51. The fourth-order valence-corrected chi connectivity index (χ4v) is 1.62. The molecule has 0 radical (unpaired) electrons. The summed E-state index contributed by atoms with van der Waals surface area (Å²) in [6, 6.07) is 7.61. The van der Waals surface area contributed by atoms with Gasteiger partial charge >= 0.3 is 0 Å². The molecule has 0 fully saturated rings. The molecule has 18 heavy (non-hydrogen) atoms. The summed E-state index contributed by atoms with van der Waals surface area (Å²) in [6.45, 7) is 4.61. The highest BCUT2D eigenvalue weighted by atomic mass is 16.2. The molecule has 98 valence electrons. The van der Waals surface area contributed by atoms with Crippen molar-refractivity contribution in [3.05, 3.63) is 29.8 Å². The molecule has 0 spiro atoms. The second-order valence-electron chi connectivity index (χ2n) is 4.09. The van der Waals surface area contributed by atoms with Gasteiger partial charge in [0.25, 0.3) is 0 Å². The summed E-state index contributed by atoms with van der Waals surface area (Å²) in [5, 5.41) is 5.45. The molecule has 1 rings (SSSR count). The van der Waals surface area contributed by atoms with Gasteiger partial charge in [-0.1, -0.05) is 32.0 Å². The Labute approximate surface area is 108 Å². The molecule has 0 bridgehead atoms. The largest absolute Gasteiger partial charge is 0.356 e. The SMILES string of the molecule is CCCNC(=O)CC(=O)Nc1ccccc1CC. The Morgan fingerprint density at radius 2 is 1.83 bits per heavy atom. The molecule has 0 aliphatic heterocycles. The maximum absolute atomic E-state index is 11.7. The van der Waals surface area contributed by atoms with E-state index < -0.39 is 0 Å². The Hall–Kier alpha value is -1.84. The van der Waals surface area contributed by atoms with Crippen molar-refractivity contribution in [2.24, 2.45) is 0 Å². The fourth-order valence-electron chi connectivity index (χ4n) is 1.62. The summed E-state index contributed by atoms with van der Waals surface area (Å²) in [4.78, 5) is 23.1. The van der Waals surface area contributed by atoms with Crippen LogP contribution < -0.4 is 10.6 Å². The van der Waals surface area contributed by atoms with Crippen LogP contribution in [0.4, 0.5) is 5.69 Å². The topological polar surface area (TPSA) is 58.2 Å². The summed E-state index contributed by atoms with van der Waals surface area (Å²) < 4.78 is 0. The average molecular weight is 248 g/mol. The van der Waals surface area contributed by atoms with Crippen molar-refractivity contribution < 1.29 is 9.59 Å². The van der Waals surface area contributed by atoms with Gasteiger partial charge in [-0.2, -0.15) is 0 Å². The zero-order valence-electron chi connectivity index (χ0n) is 11.0. The second kappa shape index (κ2) is 7.48. The average Bonchev–Trinajstić information content (AvgIpc) is 2.36. The Kier molecular flexibility index (Phi) is 5.91. The predicted octanol–water partition coefficient (Wildman–Crippen LogP) is 2.10. The van der Waals surface area contributed by atoms with Crippen LogP contribution in [0.5, 0.6) is 0 Å². The van der Waals surface area contributed by atoms with E-state index in [1.807, 2.05) is 38.1 Å². The lowest BCUT2D eigenvalue weighted by Gasteiger charge is -2.09. The van der Waals surface area contributed by atoms with Gasteiger partial charge in [-0.25, -0.2) is 0 Å². The van der Waals surface area contributed by atoms with Gasteiger partial charge < -0.3 is 10.6 Å². The molecule has 0 aromatic heterocycles. The first kappa shape index (κ1) is 14.2. The molecule has 1 aromatic rings. The van der Waals surface area contributed by atoms with E-state index in [1.54, 1.807) is 0 Å². The van der Waals surface area contributed by atoms with Gasteiger partial charge in [-0.15, -0.1) is 0 Å². The molecule has 2 N–H and O–H groups in total. The van der Waals surface area contributed by atoms with Gasteiger partial charge in [0.15, 0.2) is 0 Å². The van der Waals surface area contributed by atoms with E-state index in [2.05, 4.69) is 10.6 Å². The van der Waals surface area contributed by atoms with Crippen LogP contribution in [0, 0.1) is 0 Å².